The van der Waals surface area contributed by atoms with Gasteiger partial charge >= 0.3 is 11.9 Å². The van der Waals surface area contributed by atoms with Crippen LogP contribution >= 0.6 is 11.9 Å². The minimum absolute atomic E-state index is 0.479. The second-order valence-corrected chi connectivity index (χ2v) is 6.99. The average molecular weight is 331 g/mol. The number of carbonyl (C=O) groups is 2. The number of esters is 2. The van der Waals surface area contributed by atoms with Crippen molar-refractivity contribution in [1.82, 2.24) is 0 Å². The van der Waals surface area contributed by atoms with Crippen molar-refractivity contribution in [1.29, 1.82) is 0 Å². The maximum atomic E-state index is 12.1. The molecule has 1 N–H and O–H groups in total. The molecule has 0 saturated carbocycles. The monoisotopic (exact) mass is 331 g/mol. The second-order valence-electron chi connectivity index (χ2n) is 6.18. The molecule has 2 aromatic carbocycles. The third kappa shape index (κ3) is 1.29. The largest absolute Gasteiger partial charge is 0.386 e. The van der Waals surface area contributed by atoms with Crippen LogP contribution in [0.4, 0.5) is 5.69 Å². The van der Waals surface area contributed by atoms with Crippen LogP contribution in [0.5, 0.6) is 0 Å². The van der Waals surface area contributed by atoms with Gasteiger partial charge in [0.15, 0.2) is 0 Å². The molecule has 2 bridgehead atoms. The van der Waals surface area contributed by atoms with E-state index in [0.717, 1.165) is 38.3 Å². The summed E-state index contributed by atoms with van der Waals surface area (Å²) in [6.45, 7) is 0. The first-order valence-corrected chi connectivity index (χ1v) is 8.49. The molecule has 2 heterocycles. The lowest BCUT2D eigenvalue weighted by molar-refractivity contribution is -0.150. The second kappa shape index (κ2) is 3.99. The Morgan fingerprint density at radius 1 is 0.917 bits per heavy atom. The molecule has 0 amide bonds. The summed E-state index contributed by atoms with van der Waals surface area (Å²) in [7, 11) is 0. The molecule has 4 nitrogen and oxygen atoms in total. The van der Waals surface area contributed by atoms with Crippen LogP contribution in [0.2, 0.25) is 0 Å². The molecule has 0 fully saturated rings. The molecule has 0 spiro atoms. The number of hydrogen-bond acceptors (Lipinski definition) is 5. The first-order valence-electron chi connectivity index (χ1n) is 7.67. The average Bonchev–Trinajstić information content (AvgIpc) is 3.25. The van der Waals surface area contributed by atoms with E-state index in [4.69, 9.17) is 4.74 Å². The minimum atomic E-state index is -0.503. The molecule has 114 valence electrons. The van der Waals surface area contributed by atoms with Gasteiger partial charge in [0.25, 0.3) is 0 Å². The van der Waals surface area contributed by atoms with Gasteiger partial charge in [0, 0.05) is 27.8 Å². The fraction of sp³-hybridized carbons (Fsp3) is 0.0526. The third-order valence-corrected chi connectivity index (χ3v) is 6.02. The van der Waals surface area contributed by atoms with Gasteiger partial charge in [0.05, 0.1) is 16.8 Å². The summed E-state index contributed by atoms with van der Waals surface area (Å²) in [4.78, 5) is 25.1. The molecule has 5 heteroatoms. The first-order chi connectivity index (χ1) is 11.7. The molecule has 0 unspecified atom stereocenters. The molecule has 0 aromatic heterocycles. The fourth-order valence-electron chi connectivity index (χ4n) is 4.08. The van der Waals surface area contributed by atoms with Crippen LogP contribution in [0.1, 0.15) is 12.0 Å². The number of cyclic esters (lactones) is 2. The zero-order valence-corrected chi connectivity index (χ0v) is 13.1. The quantitative estimate of drug-likeness (QED) is 0.453. The summed E-state index contributed by atoms with van der Waals surface area (Å²) in [6, 6.07) is 12.4. The molecule has 6 rings (SSSR count). The lowest BCUT2D eigenvalue weighted by Gasteiger charge is -2.25. The van der Waals surface area contributed by atoms with Crippen molar-refractivity contribution >= 4 is 45.9 Å². The van der Waals surface area contributed by atoms with Crippen molar-refractivity contribution in [2.45, 2.75) is 6.42 Å². The van der Waals surface area contributed by atoms with Crippen LogP contribution in [0.3, 0.4) is 0 Å². The Morgan fingerprint density at radius 2 is 1.71 bits per heavy atom. The highest BCUT2D eigenvalue weighted by molar-refractivity contribution is 8.05. The number of carbonyl (C=O) groups excluding carboxylic acids is 2. The molecule has 2 aliphatic carbocycles. The number of benzene rings is 2. The molecule has 24 heavy (non-hydrogen) atoms. The van der Waals surface area contributed by atoms with Gasteiger partial charge < -0.3 is 9.46 Å². The summed E-state index contributed by atoms with van der Waals surface area (Å²) in [5.41, 5.74) is 6.07. The molecular weight excluding hydrogens is 322 g/mol. The van der Waals surface area contributed by atoms with Gasteiger partial charge in [-0.1, -0.05) is 36.4 Å². The number of nitrogens with one attached hydrogen (secondary N) is 1. The summed E-state index contributed by atoms with van der Waals surface area (Å²) in [5.74, 6) is -1.01. The SMILES string of the molecule is O=C1OC(=O)C2=C1C1=C3SNc4c(ccc5ccccc45)C3=C2C1. The number of ether oxygens (including phenoxy) is 1. The van der Waals surface area contributed by atoms with Crippen LogP contribution in [-0.2, 0) is 14.3 Å². The van der Waals surface area contributed by atoms with Crippen molar-refractivity contribution in [3.05, 3.63) is 69.2 Å². The molecule has 0 radical (unpaired) electrons. The number of anilines is 1. The molecule has 2 aliphatic heterocycles. The Balaban J connectivity index is 1.69. The zero-order chi connectivity index (χ0) is 16.0. The van der Waals surface area contributed by atoms with Crippen LogP contribution in [0, 0.1) is 0 Å². The standard InChI is InChI=1S/C19H9NO3S/c21-18-14-11-7-12(15(14)19(22)23-18)17-13(11)10-6-5-8-3-1-2-4-9(8)16(10)20-24-17/h1-6,20H,7H2. The van der Waals surface area contributed by atoms with Crippen molar-refractivity contribution in [3.63, 3.8) is 0 Å². The van der Waals surface area contributed by atoms with Crippen LogP contribution in [-0.4, -0.2) is 11.9 Å². The lowest BCUT2D eigenvalue weighted by atomic mass is 9.91. The summed E-state index contributed by atoms with van der Waals surface area (Å²) >= 11 is 1.53. The van der Waals surface area contributed by atoms with E-state index in [1.807, 2.05) is 12.1 Å². The van der Waals surface area contributed by atoms with Crippen LogP contribution in [0.25, 0.3) is 16.3 Å². The van der Waals surface area contributed by atoms with Crippen molar-refractivity contribution in [2.24, 2.45) is 0 Å². The highest BCUT2D eigenvalue weighted by Gasteiger charge is 2.49. The van der Waals surface area contributed by atoms with Gasteiger partial charge in [-0.2, -0.15) is 0 Å². The highest BCUT2D eigenvalue weighted by atomic mass is 32.2. The van der Waals surface area contributed by atoms with Gasteiger partial charge in [-0.25, -0.2) is 9.59 Å². The van der Waals surface area contributed by atoms with Gasteiger partial charge in [-0.3, -0.25) is 0 Å². The van der Waals surface area contributed by atoms with Gasteiger partial charge in [-0.15, -0.1) is 0 Å². The lowest BCUT2D eigenvalue weighted by Crippen LogP contribution is -2.08. The topological polar surface area (TPSA) is 55.4 Å². The summed E-state index contributed by atoms with van der Waals surface area (Å²) < 4.78 is 8.26. The van der Waals surface area contributed by atoms with Gasteiger partial charge in [0.2, 0.25) is 0 Å². The maximum absolute atomic E-state index is 12.1. The number of allylic oxidation sites excluding steroid dienone is 1. The normalized spacial score (nSPS) is 20.5. The van der Waals surface area contributed by atoms with Gasteiger partial charge in [0.1, 0.15) is 0 Å². The molecule has 2 aromatic rings. The molecular formula is C19H9NO3S. The smallest absolute Gasteiger partial charge is 0.347 e. The van der Waals surface area contributed by atoms with Crippen molar-refractivity contribution in [2.75, 3.05) is 4.72 Å². The van der Waals surface area contributed by atoms with Crippen LogP contribution in [0.15, 0.2) is 63.6 Å². The predicted octanol–water partition coefficient (Wildman–Crippen LogP) is 3.72. The van der Waals surface area contributed by atoms with E-state index >= 15 is 0 Å². The molecule has 0 atom stereocenters. The van der Waals surface area contributed by atoms with Crippen molar-refractivity contribution < 1.29 is 14.3 Å². The summed E-state index contributed by atoms with van der Waals surface area (Å²) in [5, 5.41) is 2.33. The molecule has 4 aliphatic rings. The Bertz CT molecular complexity index is 1140. The fourth-order valence-corrected chi connectivity index (χ4v) is 5.13. The predicted molar refractivity (Wildman–Crippen MR) is 91.8 cm³/mol. The minimum Gasteiger partial charge on any atom is -0.386 e. The Morgan fingerprint density at radius 3 is 2.58 bits per heavy atom. The third-order valence-electron chi connectivity index (χ3n) is 5.06. The zero-order valence-electron chi connectivity index (χ0n) is 12.3. The molecule has 0 saturated heterocycles. The first kappa shape index (κ1) is 12.6. The van der Waals surface area contributed by atoms with Crippen LogP contribution < -0.4 is 4.72 Å². The Kier molecular flexibility index (Phi) is 2.10. The van der Waals surface area contributed by atoms with E-state index in [1.54, 1.807) is 0 Å². The van der Waals surface area contributed by atoms with E-state index in [1.165, 1.54) is 17.3 Å². The van der Waals surface area contributed by atoms with Gasteiger partial charge in [-0.05, 0) is 28.5 Å². The van der Waals surface area contributed by atoms with E-state index in [2.05, 4.69) is 29.0 Å². The number of rotatable bonds is 0. The van der Waals surface area contributed by atoms with E-state index in [0.29, 0.717) is 17.6 Å². The van der Waals surface area contributed by atoms with Crippen molar-refractivity contribution in [3.8, 4) is 0 Å². The maximum Gasteiger partial charge on any atom is 0.347 e. The number of hydrogen-bond donors (Lipinski definition) is 1. The Labute approximate surface area is 141 Å². The summed E-state index contributed by atoms with van der Waals surface area (Å²) in [6.07, 6.45) is 0.650. The number of fused-ring (bicyclic) bond motifs is 9. The highest BCUT2D eigenvalue weighted by Crippen LogP contribution is 2.60. The van der Waals surface area contributed by atoms with E-state index in [-0.39, 0.29) is 0 Å². The Hall–Kier alpha value is -2.79. The van der Waals surface area contributed by atoms with E-state index in [9.17, 15) is 9.59 Å². The van der Waals surface area contributed by atoms with E-state index < -0.39 is 11.9 Å².